The van der Waals surface area contributed by atoms with Crippen molar-refractivity contribution in [1.82, 2.24) is 5.32 Å². The normalized spacial score (nSPS) is 15.2. The zero-order chi connectivity index (χ0) is 18.5. The summed E-state index contributed by atoms with van der Waals surface area (Å²) < 4.78 is 5.86. The molecule has 0 aliphatic carbocycles. The van der Waals surface area contributed by atoms with Gasteiger partial charge in [0.2, 0.25) is 5.91 Å². The number of amides is 1. The maximum atomic E-state index is 12.5. The Balaban J connectivity index is 1.30. The molecule has 3 nitrogen and oxygen atoms in total. The maximum absolute atomic E-state index is 12.5. The lowest BCUT2D eigenvalue weighted by Gasteiger charge is -2.11. The number of benzene rings is 3. The number of thioether (sulfide) groups is 1. The number of nitrogens with one attached hydrogen (secondary N) is 1. The van der Waals surface area contributed by atoms with Crippen LogP contribution in [-0.4, -0.2) is 11.2 Å². The Morgan fingerprint density at radius 2 is 1.74 bits per heavy atom. The van der Waals surface area contributed by atoms with Gasteiger partial charge in [0.15, 0.2) is 0 Å². The van der Waals surface area contributed by atoms with Crippen molar-refractivity contribution < 1.29 is 9.53 Å². The summed E-state index contributed by atoms with van der Waals surface area (Å²) in [5, 5.41) is 3.02. The molecule has 3 aromatic carbocycles. The highest BCUT2D eigenvalue weighted by atomic mass is 32.2. The van der Waals surface area contributed by atoms with E-state index in [0.717, 1.165) is 23.3 Å². The van der Waals surface area contributed by atoms with E-state index in [0.29, 0.717) is 13.2 Å². The summed E-state index contributed by atoms with van der Waals surface area (Å²) in [6, 6.07) is 26.2. The van der Waals surface area contributed by atoms with E-state index in [-0.39, 0.29) is 11.2 Å². The zero-order valence-corrected chi connectivity index (χ0v) is 15.7. The molecule has 0 radical (unpaired) electrons. The summed E-state index contributed by atoms with van der Waals surface area (Å²) in [4.78, 5) is 13.7. The average molecular weight is 375 g/mol. The molecule has 1 atom stereocenters. The van der Waals surface area contributed by atoms with E-state index < -0.39 is 0 Å². The SMILES string of the molecule is O=C(NCc1cccc(OCc2ccccc2)c1)C1Cc2ccccc2S1. The molecule has 1 heterocycles. The first kappa shape index (κ1) is 17.7. The van der Waals surface area contributed by atoms with Crippen LogP contribution < -0.4 is 10.1 Å². The fraction of sp³-hybridized carbons (Fsp3) is 0.174. The zero-order valence-electron chi connectivity index (χ0n) is 14.9. The Hall–Kier alpha value is -2.72. The van der Waals surface area contributed by atoms with Gasteiger partial charge in [0.25, 0.3) is 0 Å². The fourth-order valence-electron chi connectivity index (χ4n) is 3.12. The van der Waals surface area contributed by atoms with Gasteiger partial charge < -0.3 is 10.1 Å². The minimum absolute atomic E-state index is 0.0417. The molecule has 1 unspecified atom stereocenters. The quantitative estimate of drug-likeness (QED) is 0.684. The topological polar surface area (TPSA) is 38.3 Å². The number of ether oxygens (including phenoxy) is 1. The van der Waals surface area contributed by atoms with Crippen LogP contribution in [0.5, 0.6) is 5.75 Å². The van der Waals surface area contributed by atoms with Crippen LogP contribution in [0.2, 0.25) is 0 Å². The molecular formula is C23H21NO2S. The molecule has 0 aromatic heterocycles. The van der Waals surface area contributed by atoms with E-state index in [2.05, 4.69) is 17.4 Å². The molecule has 1 aliphatic heterocycles. The van der Waals surface area contributed by atoms with Gasteiger partial charge in [0.05, 0.1) is 5.25 Å². The highest BCUT2D eigenvalue weighted by molar-refractivity contribution is 8.01. The molecule has 0 fully saturated rings. The molecule has 136 valence electrons. The Morgan fingerprint density at radius 1 is 0.963 bits per heavy atom. The lowest BCUT2D eigenvalue weighted by Crippen LogP contribution is -2.31. The highest BCUT2D eigenvalue weighted by Gasteiger charge is 2.27. The minimum Gasteiger partial charge on any atom is -0.489 e. The van der Waals surface area contributed by atoms with E-state index in [9.17, 15) is 4.79 Å². The first-order chi connectivity index (χ1) is 13.3. The van der Waals surface area contributed by atoms with Crippen LogP contribution >= 0.6 is 11.8 Å². The van der Waals surface area contributed by atoms with Crippen LogP contribution in [-0.2, 0) is 24.4 Å². The lowest BCUT2D eigenvalue weighted by atomic mass is 10.1. The van der Waals surface area contributed by atoms with Gasteiger partial charge in [0.1, 0.15) is 12.4 Å². The second kappa shape index (κ2) is 8.31. The van der Waals surface area contributed by atoms with Gasteiger partial charge in [0, 0.05) is 11.4 Å². The first-order valence-corrected chi connectivity index (χ1v) is 9.94. The average Bonchev–Trinajstić information content (AvgIpc) is 3.16. The summed E-state index contributed by atoms with van der Waals surface area (Å²) in [7, 11) is 0. The molecule has 0 spiro atoms. The van der Waals surface area contributed by atoms with Crippen molar-refractivity contribution in [2.24, 2.45) is 0 Å². The van der Waals surface area contributed by atoms with Crippen LogP contribution in [0.25, 0.3) is 0 Å². The Bertz CT molecular complexity index is 901. The van der Waals surface area contributed by atoms with E-state index in [1.165, 1.54) is 10.5 Å². The van der Waals surface area contributed by atoms with E-state index in [1.54, 1.807) is 11.8 Å². The van der Waals surface area contributed by atoms with Gasteiger partial charge in [-0.3, -0.25) is 4.79 Å². The summed E-state index contributed by atoms with van der Waals surface area (Å²) in [5.74, 6) is 0.903. The van der Waals surface area contributed by atoms with Crippen LogP contribution in [0.3, 0.4) is 0 Å². The third-order valence-electron chi connectivity index (χ3n) is 4.55. The van der Waals surface area contributed by atoms with Crippen molar-refractivity contribution in [3.05, 3.63) is 95.6 Å². The van der Waals surface area contributed by atoms with E-state index in [1.807, 2.05) is 66.7 Å². The lowest BCUT2D eigenvalue weighted by molar-refractivity contribution is -0.120. The number of carbonyl (C=O) groups is 1. The molecule has 27 heavy (non-hydrogen) atoms. The monoisotopic (exact) mass is 375 g/mol. The molecule has 4 rings (SSSR count). The Kier molecular flexibility index (Phi) is 5.45. The molecule has 1 aliphatic rings. The largest absolute Gasteiger partial charge is 0.489 e. The van der Waals surface area contributed by atoms with Gasteiger partial charge in [-0.05, 0) is 41.3 Å². The second-order valence-corrected chi connectivity index (χ2v) is 7.80. The summed E-state index contributed by atoms with van der Waals surface area (Å²) in [6.45, 7) is 1.04. The van der Waals surface area contributed by atoms with Gasteiger partial charge in [-0.25, -0.2) is 0 Å². The molecule has 0 bridgehead atoms. The Morgan fingerprint density at radius 3 is 2.59 bits per heavy atom. The first-order valence-electron chi connectivity index (χ1n) is 9.06. The van der Waals surface area contributed by atoms with Crippen LogP contribution in [0, 0.1) is 0 Å². The van der Waals surface area contributed by atoms with Crippen LogP contribution in [0.1, 0.15) is 16.7 Å². The van der Waals surface area contributed by atoms with Gasteiger partial charge in [-0.2, -0.15) is 0 Å². The Labute approximate surface area is 163 Å². The smallest absolute Gasteiger partial charge is 0.234 e. The molecular weight excluding hydrogens is 354 g/mol. The van der Waals surface area contributed by atoms with Crippen molar-refractivity contribution in [2.75, 3.05) is 0 Å². The number of rotatable bonds is 6. The highest BCUT2D eigenvalue weighted by Crippen LogP contribution is 2.36. The molecule has 0 saturated carbocycles. The molecule has 1 N–H and O–H groups in total. The number of carbonyl (C=O) groups excluding carboxylic acids is 1. The summed E-state index contributed by atoms with van der Waals surface area (Å²) in [6.07, 6.45) is 0.799. The van der Waals surface area contributed by atoms with Gasteiger partial charge in [-0.1, -0.05) is 60.7 Å². The van der Waals surface area contributed by atoms with Gasteiger partial charge >= 0.3 is 0 Å². The molecule has 4 heteroatoms. The summed E-state index contributed by atoms with van der Waals surface area (Å²) >= 11 is 1.65. The van der Waals surface area contributed by atoms with E-state index >= 15 is 0 Å². The van der Waals surface area contributed by atoms with E-state index in [4.69, 9.17) is 4.74 Å². The second-order valence-electron chi connectivity index (χ2n) is 6.56. The predicted molar refractivity (Wildman–Crippen MR) is 109 cm³/mol. The molecule has 1 amide bonds. The minimum atomic E-state index is -0.0417. The van der Waals surface area contributed by atoms with Crippen LogP contribution in [0.15, 0.2) is 83.8 Å². The van der Waals surface area contributed by atoms with Crippen LogP contribution in [0.4, 0.5) is 0 Å². The standard InChI is InChI=1S/C23H21NO2S/c25-23(22-14-19-10-4-5-12-21(19)27-22)24-15-18-9-6-11-20(13-18)26-16-17-7-2-1-3-8-17/h1-13,22H,14-16H2,(H,24,25). The predicted octanol–water partition coefficient (Wildman–Crippen LogP) is 4.60. The van der Waals surface area contributed by atoms with Crippen molar-refractivity contribution >= 4 is 17.7 Å². The number of hydrogen-bond acceptors (Lipinski definition) is 3. The summed E-state index contributed by atoms with van der Waals surface area (Å²) in [5.41, 5.74) is 3.43. The van der Waals surface area contributed by atoms with Crippen molar-refractivity contribution in [3.63, 3.8) is 0 Å². The molecule has 3 aromatic rings. The van der Waals surface area contributed by atoms with Crippen molar-refractivity contribution in [1.29, 1.82) is 0 Å². The molecule has 0 saturated heterocycles. The number of hydrogen-bond donors (Lipinski definition) is 1. The maximum Gasteiger partial charge on any atom is 0.234 e. The number of fused-ring (bicyclic) bond motifs is 1. The van der Waals surface area contributed by atoms with Gasteiger partial charge in [-0.15, -0.1) is 11.8 Å². The fourth-order valence-corrected chi connectivity index (χ4v) is 4.34. The third kappa shape index (κ3) is 4.52. The third-order valence-corrected chi connectivity index (χ3v) is 5.87. The van der Waals surface area contributed by atoms with Crippen molar-refractivity contribution in [2.45, 2.75) is 29.7 Å². The van der Waals surface area contributed by atoms with Crippen molar-refractivity contribution in [3.8, 4) is 5.75 Å².